The van der Waals surface area contributed by atoms with Crippen LogP contribution in [0.15, 0.2) is 48.5 Å². The van der Waals surface area contributed by atoms with Gasteiger partial charge in [0.15, 0.2) is 11.5 Å². The molecule has 3 rings (SSSR count). The number of hydrogen-bond acceptors (Lipinski definition) is 4. The largest absolute Gasteiger partial charge is 0.504 e. The summed E-state index contributed by atoms with van der Waals surface area (Å²) in [6.07, 6.45) is 0.770. The second-order valence-electron chi connectivity index (χ2n) is 6.53. The van der Waals surface area contributed by atoms with Crippen LogP contribution in [0.2, 0.25) is 0 Å². The molecule has 1 fully saturated rings. The zero-order valence-electron chi connectivity index (χ0n) is 14.4. The molecular formula is C20H22N2O4. The first-order valence-corrected chi connectivity index (χ1v) is 8.63. The lowest BCUT2D eigenvalue weighted by atomic mass is 10.1. The van der Waals surface area contributed by atoms with E-state index in [1.807, 2.05) is 30.3 Å². The van der Waals surface area contributed by atoms with Crippen LogP contribution in [0.1, 0.15) is 17.5 Å². The summed E-state index contributed by atoms with van der Waals surface area (Å²) < 4.78 is 0. The number of rotatable bonds is 6. The number of phenols is 2. The fourth-order valence-electron chi connectivity index (χ4n) is 3.10. The Hall–Kier alpha value is -3.02. The molecule has 2 aromatic rings. The fourth-order valence-corrected chi connectivity index (χ4v) is 3.10. The van der Waals surface area contributed by atoms with Crippen LogP contribution in [0.5, 0.6) is 11.5 Å². The molecular weight excluding hydrogens is 332 g/mol. The molecule has 0 radical (unpaired) electrons. The first-order chi connectivity index (χ1) is 12.5. The van der Waals surface area contributed by atoms with Crippen LogP contribution in [0, 0.1) is 5.92 Å². The van der Waals surface area contributed by atoms with Crippen LogP contribution in [0.25, 0.3) is 0 Å². The number of nitrogens with one attached hydrogen (secondary N) is 1. The summed E-state index contributed by atoms with van der Waals surface area (Å²) >= 11 is 0. The first-order valence-electron chi connectivity index (χ1n) is 8.63. The molecule has 26 heavy (non-hydrogen) atoms. The maximum absolute atomic E-state index is 12.3. The second-order valence-corrected chi connectivity index (χ2v) is 6.53. The van der Waals surface area contributed by atoms with Gasteiger partial charge in [0, 0.05) is 26.1 Å². The molecule has 6 nitrogen and oxygen atoms in total. The number of carbonyl (C=O) groups excluding carboxylic acids is 2. The van der Waals surface area contributed by atoms with Crippen molar-refractivity contribution in [3.05, 3.63) is 59.7 Å². The number of carbonyl (C=O) groups is 2. The van der Waals surface area contributed by atoms with Crippen molar-refractivity contribution in [1.82, 2.24) is 10.2 Å². The molecule has 0 bridgehead atoms. The standard InChI is InChI=1S/C20H22N2O4/c23-17-7-6-14(10-18(17)24)8-9-21-20(26)16-11-19(25)22(13-16)12-15-4-2-1-3-5-15/h1-7,10,16,23-24H,8-9,11-13H2,(H,21,26). The highest BCUT2D eigenvalue weighted by atomic mass is 16.3. The quantitative estimate of drug-likeness (QED) is 0.690. The van der Waals surface area contributed by atoms with E-state index >= 15 is 0 Å². The molecule has 0 saturated carbocycles. The molecule has 1 heterocycles. The van der Waals surface area contributed by atoms with Crippen molar-refractivity contribution in [2.45, 2.75) is 19.4 Å². The van der Waals surface area contributed by atoms with Crippen LogP contribution in [0.3, 0.4) is 0 Å². The van der Waals surface area contributed by atoms with Crippen LogP contribution in [0.4, 0.5) is 0 Å². The summed E-state index contributed by atoms with van der Waals surface area (Å²) in [5, 5.41) is 21.6. The average Bonchev–Trinajstić information content (AvgIpc) is 3.00. The molecule has 1 unspecified atom stereocenters. The third-order valence-corrected chi connectivity index (χ3v) is 4.55. The molecule has 0 spiro atoms. The minimum Gasteiger partial charge on any atom is -0.504 e. The monoisotopic (exact) mass is 354 g/mol. The van der Waals surface area contributed by atoms with E-state index in [-0.39, 0.29) is 35.7 Å². The third kappa shape index (κ3) is 4.33. The topological polar surface area (TPSA) is 89.9 Å². The van der Waals surface area contributed by atoms with E-state index in [1.165, 1.54) is 12.1 Å². The Morgan fingerprint density at radius 3 is 2.58 bits per heavy atom. The molecule has 3 N–H and O–H groups in total. The molecule has 6 heteroatoms. The zero-order chi connectivity index (χ0) is 18.5. The minimum atomic E-state index is -0.334. The summed E-state index contributed by atoms with van der Waals surface area (Å²) in [4.78, 5) is 26.2. The highest BCUT2D eigenvalue weighted by Crippen LogP contribution is 2.25. The van der Waals surface area contributed by atoms with Gasteiger partial charge in [-0.15, -0.1) is 0 Å². The number of nitrogens with zero attached hydrogens (tertiary/aromatic N) is 1. The van der Waals surface area contributed by atoms with Gasteiger partial charge < -0.3 is 20.4 Å². The SMILES string of the molecule is O=C(NCCc1ccc(O)c(O)c1)C1CC(=O)N(Cc2ccccc2)C1. The van der Waals surface area contributed by atoms with Crippen molar-refractivity contribution in [2.75, 3.05) is 13.1 Å². The number of amides is 2. The summed E-state index contributed by atoms with van der Waals surface area (Å²) in [5.41, 5.74) is 1.86. The Bertz CT molecular complexity index is 792. The molecule has 1 saturated heterocycles. The normalized spacial score (nSPS) is 16.7. The number of benzene rings is 2. The highest BCUT2D eigenvalue weighted by molar-refractivity contribution is 5.89. The van der Waals surface area contributed by atoms with E-state index in [4.69, 9.17) is 0 Å². The summed E-state index contributed by atoms with van der Waals surface area (Å²) in [7, 11) is 0. The van der Waals surface area contributed by atoms with Gasteiger partial charge in [-0.2, -0.15) is 0 Å². The van der Waals surface area contributed by atoms with Crippen LogP contribution < -0.4 is 5.32 Å². The zero-order valence-corrected chi connectivity index (χ0v) is 14.4. The van der Waals surface area contributed by atoms with Gasteiger partial charge in [0.05, 0.1) is 5.92 Å². The van der Waals surface area contributed by atoms with Gasteiger partial charge in [-0.25, -0.2) is 0 Å². The predicted molar refractivity (Wildman–Crippen MR) is 96.5 cm³/mol. The number of likely N-dealkylation sites (tertiary alicyclic amines) is 1. The van der Waals surface area contributed by atoms with E-state index in [1.54, 1.807) is 11.0 Å². The van der Waals surface area contributed by atoms with Crippen LogP contribution in [-0.2, 0) is 22.6 Å². The van der Waals surface area contributed by atoms with E-state index in [2.05, 4.69) is 5.32 Å². The smallest absolute Gasteiger partial charge is 0.225 e. The molecule has 0 aliphatic carbocycles. The lowest BCUT2D eigenvalue weighted by Gasteiger charge is -2.16. The van der Waals surface area contributed by atoms with Crippen LogP contribution in [-0.4, -0.2) is 40.0 Å². The van der Waals surface area contributed by atoms with Crippen molar-refractivity contribution in [2.24, 2.45) is 5.92 Å². The Kier molecular flexibility index (Phi) is 5.41. The molecule has 1 aliphatic heterocycles. The predicted octanol–water partition coefficient (Wildman–Crippen LogP) is 1.81. The molecule has 1 aliphatic rings. The first kappa shape index (κ1) is 17.8. The van der Waals surface area contributed by atoms with Gasteiger partial charge in [-0.3, -0.25) is 9.59 Å². The Labute approximate surface area is 152 Å². The van der Waals surface area contributed by atoms with E-state index < -0.39 is 0 Å². The van der Waals surface area contributed by atoms with E-state index in [0.717, 1.165) is 11.1 Å². The highest BCUT2D eigenvalue weighted by Gasteiger charge is 2.33. The minimum absolute atomic E-state index is 0.00235. The number of hydrogen-bond donors (Lipinski definition) is 3. The van der Waals surface area contributed by atoms with Gasteiger partial charge in [0.1, 0.15) is 0 Å². The second kappa shape index (κ2) is 7.91. The van der Waals surface area contributed by atoms with Gasteiger partial charge in [-0.1, -0.05) is 36.4 Å². The maximum Gasteiger partial charge on any atom is 0.225 e. The summed E-state index contributed by atoms with van der Waals surface area (Å²) in [6, 6.07) is 14.3. The fraction of sp³-hybridized carbons (Fsp3) is 0.300. The van der Waals surface area contributed by atoms with Gasteiger partial charge in [0.2, 0.25) is 11.8 Å². The van der Waals surface area contributed by atoms with Crippen molar-refractivity contribution in [3.63, 3.8) is 0 Å². The van der Waals surface area contributed by atoms with Gasteiger partial charge >= 0.3 is 0 Å². The van der Waals surface area contributed by atoms with Crippen molar-refractivity contribution < 1.29 is 19.8 Å². The Morgan fingerprint density at radius 2 is 1.85 bits per heavy atom. The third-order valence-electron chi connectivity index (χ3n) is 4.55. The van der Waals surface area contributed by atoms with Crippen molar-refractivity contribution in [1.29, 1.82) is 0 Å². The lowest BCUT2D eigenvalue weighted by molar-refractivity contribution is -0.129. The molecule has 1 atom stereocenters. The van der Waals surface area contributed by atoms with Gasteiger partial charge in [-0.05, 0) is 29.7 Å². The Balaban J connectivity index is 1.47. The van der Waals surface area contributed by atoms with E-state index in [9.17, 15) is 19.8 Å². The number of phenolic OH excluding ortho intramolecular Hbond substituents is 2. The maximum atomic E-state index is 12.3. The van der Waals surface area contributed by atoms with Crippen molar-refractivity contribution in [3.8, 4) is 11.5 Å². The summed E-state index contributed by atoms with van der Waals surface area (Å²) in [6.45, 7) is 1.36. The lowest BCUT2D eigenvalue weighted by Crippen LogP contribution is -2.34. The number of aromatic hydroxyl groups is 2. The Morgan fingerprint density at radius 1 is 1.08 bits per heavy atom. The average molecular weight is 354 g/mol. The summed E-state index contributed by atoms with van der Waals surface area (Å²) in [5.74, 6) is -0.804. The molecule has 2 amide bonds. The van der Waals surface area contributed by atoms with Gasteiger partial charge in [0.25, 0.3) is 0 Å². The molecule has 0 aromatic heterocycles. The molecule has 136 valence electrons. The van der Waals surface area contributed by atoms with E-state index in [0.29, 0.717) is 26.1 Å². The molecule has 2 aromatic carbocycles. The van der Waals surface area contributed by atoms with Crippen LogP contribution >= 0.6 is 0 Å². The van der Waals surface area contributed by atoms with Crippen molar-refractivity contribution >= 4 is 11.8 Å².